The van der Waals surface area contributed by atoms with Gasteiger partial charge in [-0.2, -0.15) is 5.26 Å². The summed E-state index contributed by atoms with van der Waals surface area (Å²) in [6, 6.07) is 0. The highest BCUT2D eigenvalue weighted by molar-refractivity contribution is 5.82. The summed E-state index contributed by atoms with van der Waals surface area (Å²) in [4.78, 5) is 10.7. The lowest BCUT2D eigenvalue weighted by Crippen LogP contribution is -2.06. The van der Waals surface area contributed by atoms with E-state index in [2.05, 4.69) is 10.1 Å². The summed E-state index contributed by atoms with van der Waals surface area (Å²) in [5, 5.41) is 10.4. The van der Waals surface area contributed by atoms with Gasteiger partial charge >= 0.3 is 5.97 Å². The third kappa shape index (κ3) is 4.97. The highest BCUT2D eigenvalue weighted by Crippen LogP contribution is 1.87. The lowest BCUT2D eigenvalue weighted by atomic mass is 10.4. The summed E-state index contributed by atoms with van der Waals surface area (Å²) >= 11 is 0. The minimum absolute atomic E-state index is 0.342. The zero-order valence-corrected chi connectivity index (χ0v) is 6.55. The van der Waals surface area contributed by atoms with E-state index in [0.29, 0.717) is 12.3 Å². The van der Waals surface area contributed by atoms with Crippen LogP contribution in [-0.4, -0.2) is 12.6 Å². The molecule has 0 aliphatic heterocycles. The zero-order valence-electron chi connectivity index (χ0n) is 6.55. The molecule has 0 spiro atoms. The van der Waals surface area contributed by atoms with Crippen molar-refractivity contribution in [1.29, 1.82) is 5.26 Å². The van der Waals surface area contributed by atoms with Crippen molar-refractivity contribution in [3.63, 3.8) is 0 Å². The number of ether oxygens (including phenoxy) is 1. The van der Waals surface area contributed by atoms with Crippen LogP contribution < -0.4 is 5.32 Å². The van der Waals surface area contributed by atoms with E-state index >= 15 is 0 Å². The molecule has 0 bridgehead atoms. The Bertz CT molecular complexity index is 203. The summed E-state index contributed by atoms with van der Waals surface area (Å²) in [5.41, 5.74) is 0.478. The van der Waals surface area contributed by atoms with Crippen LogP contribution in [0.2, 0.25) is 0 Å². The maximum absolute atomic E-state index is 10.7. The van der Waals surface area contributed by atoms with Crippen molar-refractivity contribution in [3.8, 4) is 6.19 Å². The highest BCUT2D eigenvalue weighted by atomic mass is 16.5. The Morgan fingerprint density at radius 2 is 2.45 bits per heavy atom. The Morgan fingerprint density at radius 1 is 1.82 bits per heavy atom. The van der Waals surface area contributed by atoms with Crippen LogP contribution in [0, 0.1) is 11.5 Å². The molecule has 4 nitrogen and oxygen atoms in total. The van der Waals surface area contributed by atoms with E-state index in [9.17, 15) is 4.79 Å². The molecule has 0 aromatic rings. The second-order valence-corrected chi connectivity index (χ2v) is 1.82. The predicted octanol–water partition coefficient (Wildman–Crippen LogP) is 0.524. The van der Waals surface area contributed by atoms with E-state index in [1.54, 1.807) is 20.0 Å². The Hall–Kier alpha value is -1.50. The molecular weight excluding hydrogens is 144 g/mol. The van der Waals surface area contributed by atoms with Crippen molar-refractivity contribution < 1.29 is 9.53 Å². The molecule has 1 N–H and O–H groups in total. The van der Waals surface area contributed by atoms with Crippen LogP contribution in [-0.2, 0) is 9.53 Å². The SMILES string of the molecule is CCOC(=O)/C=C(/C)NC#N. The van der Waals surface area contributed by atoms with Gasteiger partial charge in [0, 0.05) is 11.8 Å². The average Bonchev–Trinajstić information content (AvgIpc) is 1.87. The van der Waals surface area contributed by atoms with Crippen molar-refractivity contribution in [1.82, 2.24) is 5.32 Å². The van der Waals surface area contributed by atoms with E-state index in [4.69, 9.17) is 5.26 Å². The van der Waals surface area contributed by atoms with E-state index in [1.807, 2.05) is 0 Å². The smallest absolute Gasteiger partial charge is 0.332 e. The lowest BCUT2D eigenvalue weighted by Gasteiger charge is -1.96. The van der Waals surface area contributed by atoms with Gasteiger partial charge in [-0.15, -0.1) is 0 Å². The summed E-state index contributed by atoms with van der Waals surface area (Å²) in [6.07, 6.45) is 2.92. The lowest BCUT2D eigenvalue weighted by molar-refractivity contribution is -0.137. The molecule has 60 valence electrons. The molecule has 0 aliphatic carbocycles. The maximum Gasteiger partial charge on any atom is 0.332 e. The fourth-order valence-electron chi connectivity index (χ4n) is 0.485. The van der Waals surface area contributed by atoms with Gasteiger partial charge in [-0.3, -0.25) is 5.32 Å². The van der Waals surface area contributed by atoms with Crippen molar-refractivity contribution in [2.24, 2.45) is 0 Å². The van der Waals surface area contributed by atoms with E-state index in [0.717, 1.165) is 0 Å². The molecule has 0 rings (SSSR count). The Kier molecular flexibility index (Phi) is 4.58. The molecule has 0 aliphatic rings. The normalized spacial score (nSPS) is 10.1. The van der Waals surface area contributed by atoms with Gasteiger partial charge in [0.05, 0.1) is 6.61 Å². The molecule has 0 fully saturated rings. The molecule has 0 radical (unpaired) electrons. The van der Waals surface area contributed by atoms with Gasteiger partial charge in [0.1, 0.15) is 0 Å². The van der Waals surface area contributed by atoms with E-state index in [-0.39, 0.29) is 0 Å². The number of carbonyl (C=O) groups excluding carboxylic acids is 1. The van der Waals surface area contributed by atoms with Crippen molar-refractivity contribution in [3.05, 3.63) is 11.8 Å². The molecular formula is C7H10N2O2. The molecule has 0 aromatic heterocycles. The third-order valence-corrected chi connectivity index (χ3v) is 0.874. The second kappa shape index (κ2) is 5.30. The molecule has 0 saturated carbocycles. The first-order valence-corrected chi connectivity index (χ1v) is 3.20. The zero-order chi connectivity index (χ0) is 8.69. The topological polar surface area (TPSA) is 62.1 Å². The number of nitriles is 1. The minimum Gasteiger partial charge on any atom is -0.463 e. The minimum atomic E-state index is -0.437. The van der Waals surface area contributed by atoms with Crippen LogP contribution in [0.25, 0.3) is 0 Å². The number of esters is 1. The Balaban J connectivity index is 3.88. The standard InChI is InChI=1S/C7H10N2O2/c1-3-11-7(10)4-6(2)9-5-8/h4,9H,3H2,1-2H3/b6-4-. The van der Waals surface area contributed by atoms with Gasteiger partial charge in [-0.05, 0) is 13.8 Å². The summed E-state index contributed by atoms with van der Waals surface area (Å²) in [7, 11) is 0. The van der Waals surface area contributed by atoms with Crippen LogP contribution in [0.5, 0.6) is 0 Å². The summed E-state index contributed by atoms with van der Waals surface area (Å²) in [5.74, 6) is -0.437. The number of hydrogen-bond acceptors (Lipinski definition) is 4. The first kappa shape index (κ1) is 9.50. The third-order valence-electron chi connectivity index (χ3n) is 0.874. The number of nitrogens with one attached hydrogen (secondary N) is 1. The van der Waals surface area contributed by atoms with Gasteiger partial charge in [-0.1, -0.05) is 0 Å². The Labute approximate surface area is 65.5 Å². The van der Waals surface area contributed by atoms with Gasteiger partial charge in [0.2, 0.25) is 0 Å². The van der Waals surface area contributed by atoms with Crippen LogP contribution in [0.3, 0.4) is 0 Å². The van der Waals surface area contributed by atoms with E-state index in [1.165, 1.54) is 6.08 Å². The first-order valence-electron chi connectivity index (χ1n) is 3.20. The summed E-state index contributed by atoms with van der Waals surface area (Å²) in [6.45, 7) is 3.67. The fourth-order valence-corrected chi connectivity index (χ4v) is 0.485. The number of hydrogen-bond donors (Lipinski definition) is 1. The van der Waals surface area contributed by atoms with Gasteiger partial charge in [-0.25, -0.2) is 4.79 Å². The molecule has 0 heterocycles. The largest absolute Gasteiger partial charge is 0.463 e. The molecule has 0 amide bonds. The van der Waals surface area contributed by atoms with Crippen LogP contribution in [0.1, 0.15) is 13.8 Å². The monoisotopic (exact) mass is 154 g/mol. The number of nitrogens with zero attached hydrogens (tertiary/aromatic N) is 1. The van der Waals surface area contributed by atoms with Gasteiger partial charge in [0.15, 0.2) is 6.19 Å². The molecule has 0 unspecified atom stereocenters. The first-order chi connectivity index (χ1) is 5.20. The molecule has 0 aromatic carbocycles. The molecule has 0 atom stereocenters. The van der Waals surface area contributed by atoms with Gasteiger partial charge in [0.25, 0.3) is 0 Å². The molecule has 4 heteroatoms. The second-order valence-electron chi connectivity index (χ2n) is 1.82. The molecule has 0 saturated heterocycles. The van der Waals surface area contributed by atoms with Crippen molar-refractivity contribution >= 4 is 5.97 Å². The quantitative estimate of drug-likeness (QED) is 0.278. The van der Waals surface area contributed by atoms with Crippen molar-refractivity contribution in [2.45, 2.75) is 13.8 Å². The van der Waals surface area contributed by atoms with Crippen molar-refractivity contribution in [2.75, 3.05) is 6.61 Å². The molecule has 11 heavy (non-hydrogen) atoms. The predicted molar refractivity (Wildman–Crippen MR) is 39.1 cm³/mol. The summed E-state index contributed by atoms with van der Waals surface area (Å²) < 4.78 is 4.59. The number of carbonyl (C=O) groups is 1. The van der Waals surface area contributed by atoms with Gasteiger partial charge < -0.3 is 4.74 Å². The van der Waals surface area contributed by atoms with Crippen LogP contribution in [0.4, 0.5) is 0 Å². The number of allylic oxidation sites excluding steroid dienone is 1. The highest BCUT2D eigenvalue weighted by Gasteiger charge is 1.95. The number of rotatable bonds is 3. The maximum atomic E-state index is 10.7. The van der Waals surface area contributed by atoms with E-state index < -0.39 is 5.97 Å². The fraction of sp³-hybridized carbons (Fsp3) is 0.429. The van der Waals surface area contributed by atoms with Crippen LogP contribution in [0.15, 0.2) is 11.8 Å². The Morgan fingerprint density at radius 3 is 2.91 bits per heavy atom. The average molecular weight is 154 g/mol. The van der Waals surface area contributed by atoms with Crippen LogP contribution >= 0.6 is 0 Å².